The fraction of sp³-hybridized carbons (Fsp3) is 0.278. The van der Waals surface area contributed by atoms with Crippen molar-refractivity contribution in [2.45, 2.75) is 25.7 Å². The smallest absolute Gasteiger partial charge is 0.338 e. The minimum absolute atomic E-state index is 0.166. The second-order valence-corrected chi connectivity index (χ2v) is 7.79. The van der Waals surface area contributed by atoms with Gasteiger partial charge < -0.3 is 10.1 Å². The number of ether oxygens (including phenoxy) is 1. The number of carbonyl (C=O) groups excluding carboxylic acids is 2. The lowest BCUT2D eigenvalue weighted by Crippen LogP contribution is -2.21. The van der Waals surface area contributed by atoms with E-state index in [1.807, 2.05) is 0 Å². The first-order valence-corrected chi connectivity index (χ1v) is 9.53. The van der Waals surface area contributed by atoms with Crippen LogP contribution in [0.1, 0.15) is 39.2 Å². The molecule has 8 heteroatoms. The Morgan fingerprint density at radius 2 is 1.88 bits per heavy atom. The summed E-state index contributed by atoms with van der Waals surface area (Å²) in [5.74, 6) is -1.20. The minimum atomic E-state index is -0.699. The van der Waals surface area contributed by atoms with Gasteiger partial charge in [-0.05, 0) is 49.4 Å². The highest BCUT2D eigenvalue weighted by molar-refractivity contribution is 7.16. The fourth-order valence-corrected chi connectivity index (χ4v) is 4.60. The molecule has 0 saturated carbocycles. The first-order valence-electron chi connectivity index (χ1n) is 7.95. The van der Waals surface area contributed by atoms with Gasteiger partial charge in [-0.1, -0.05) is 23.2 Å². The van der Waals surface area contributed by atoms with Crippen LogP contribution >= 0.6 is 34.5 Å². The lowest BCUT2D eigenvalue weighted by Gasteiger charge is -2.09. The third-order valence-electron chi connectivity index (χ3n) is 3.97. The summed E-state index contributed by atoms with van der Waals surface area (Å²) in [5, 5.41) is 13.2. The van der Waals surface area contributed by atoms with Crippen LogP contribution in [0.15, 0.2) is 18.2 Å². The summed E-state index contributed by atoms with van der Waals surface area (Å²) in [6, 6.07) is 6.49. The molecule has 0 radical (unpaired) electrons. The molecule has 1 aliphatic carbocycles. The molecule has 1 aromatic carbocycles. The number of rotatable bonds is 4. The standard InChI is InChI=1S/C18H14Cl2N2O3S/c19-11-5-10(6-12(20)7-11)18(24)25-9-16(23)22-17-14(8-21)13-3-1-2-4-15(13)26-17/h5-7H,1-4,9H2,(H,22,23). The summed E-state index contributed by atoms with van der Waals surface area (Å²) >= 11 is 13.1. The van der Waals surface area contributed by atoms with Crippen LogP contribution in [0.5, 0.6) is 0 Å². The second-order valence-electron chi connectivity index (χ2n) is 5.81. The van der Waals surface area contributed by atoms with E-state index in [0.717, 1.165) is 36.1 Å². The molecule has 134 valence electrons. The predicted molar refractivity (Wildman–Crippen MR) is 101 cm³/mol. The van der Waals surface area contributed by atoms with Crippen molar-refractivity contribution in [1.29, 1.82) is 5.26 Å². The van der Waals surface area contributed by atoms with Gasteiger partial charge in [0.1, 0.15) is 11.1 Å². The number of carbonyl (C=O) groups is 2. The van der Waals surface area contributed by atoms with Crippen molar-refractivity contribution in [3.8, 4) is 6.07 Å². The summed E-state index contributed by atoms with van der Waals surface area (Å²) in [7, 11) is 0. The van der Waals surface area contributed by atoms with Crippen molar-refractivity contribution >= 4 is 51.4 Å². The van der Waals surface area contributed by atoms with Crippen LogP contribution in [0.2, 0.25) is 10.0 Å². The third-order valence-corrected chi connectivity index (χ3v) is 5.61. The summed E-state index contributed by atoms with van der Waals surface area (Å²) in [6.45, 7) is -0.462. The minimum Gasteiger partial charge on any atom is -0.452 e. The zero-order chi connectivity index (χ0) is 18.7. The van der Waals surface area contributed by atoms with Crippen molar-refractivity contribution in [3.05, 3.63) is 49.8 Å². The van der Waals surface area contributed by atoms with E-state index in [4.69, 9.17) is 27.9 Å². The van der Waals surface area contributed by atoms with Crippen molar-refractivity contribution in [3.63, 3.8) is 0 Å². The zero-order valence-corrected chi connectivity index (χ0v) is 15.9. The first-order chi connectivity index (χ1) is 12.5. The number of nitrogens with one attached hydrogen (secondary N) is 1. The highest BCUT2D eigenvalue weighted by Gasteiger charge is 2.22. The molecule has 0 unspecified atom stereocenters. The number of benzene rings is 1. The van der Waals surface area contributed by atoms with E-state index in [0.29, 0.717) is 20.6 Å². The average Bonchev–Trinajstić information content (AvgIpc) is 2.95. The molecule has 0 saturated heterocycles. The normalized spacial score (nSPS) is 12.8. The molecule has 1 aliphatic rings. The Hall–Kier alpha value is -2.07. The number of thiophene rings is 1. The van der Waals surface area contributed by atoms with Crippen LogP contribution in [0, 0.1) is 11.3 Å². The Labute approximate surface area is 164 Å². The van der Waals surface area contributed by atoms with E-state index in [1.165, 1.54) is 29.5 Å². The maximum absolute atomic E-state index is 12.1. The van der Waals surface area contributed by atoms with Crippen LogP contribution in [-0.2, 0) is 22.4 Å². The molecular weight excluding hydrogens is 395 g/mol. The third kappa shape index (κ3) is 4.18. The molecule has 0 bridgehead atoms. The molecule has 2 aromatic rings. The quantitative estimate of drug-likeness (QED) is 0.749. The molecule has 5 nitrogen and oxygen atoms in total. The number of amides is 1. The zero-order valence-electron chi connectivity index (χ0n) is 13.6. The molecule has 26 heavy (non-hydrogen) atoms. The van der Waals surface area contributed by atoms with E-state index in [1.54, 1.807) is 0 Å². The number of nitriles is 1. The highest BCUT2D eigenvalue weighted by Crippen LogP contribution is 2.37. The SMILES string of the molecule is N#Cc1c(NC(=O)COC(=O)c2cc(Cl)cc(Cl)c2)sc2c1CCCC2. The lowest BCUT2D eigenvalue weighted by atomic mass is 9.96. The van der Waals surface area contributed by atoms with Crippen LogP contribution in [0.25, 0.3) is 0 Å². The monoisotopic (exact) mass is 408 g/mol. The van der Waals surface area contributed by atoms with Crippen molar-refractivity contribution in [2.24, 2.45) is 0 Å². The maximum Gasteiger partial charge on any atom is 0.338 e. The summed E-state index contributed by atoms with van der Waals surface area (Å²) in [6.07, 6.45) is 3.92. The van der Waals surface area contributed by atoms with E-state index < -0.39 is 18.5 Å². The summed E-state index contributed by atoms with van der Waals surface area (Å²) in [4.78, 5) is 25.3. The number of aryl methyl sites for hydroxylation is 1. The molecule has 1 N–H and O–H groups in total. The average molecular weight is 409 g/mol. The molecular formula is C18H14Cl2N2O3S. The molecule has 1 amide bonds. The van der Waals surface area contributed by atoms with Crippen molar-refractivity contribution in [1.82, 2.24) is 0 Å². The summed E-state index contributed by atoms with van der Waals surface area (Å²) < 4.78 is 5.00. The number of hydrogen-bond donors (Lipinski definition) is 1. The van der Waals surface area contributed by atoms with Gasteiger partial charge in [-0.25, -0.2) is 4.79 Å². The van der Waals surface area contributed by atoms with Crippen molar-refractivity contribution < 1.29 is 14.3 Å². The first kappa shape index (κ1) is 18.7. The Morgan fingerprint density at radius 3 is 2.58 bits per heavy atom. The van der Waals surface area contributed by atoms with Gasteiger partial charge in [-0.15, -0.1) is 11.3 Å². The highest BCUT2D eigenvalue weighted by atomic mass is 35.5. The fourth-order valence-electron chi connectivity index (χ4n) is 2.82. The van der Waals surface area contributed by atoms with E-state index in [2.05, 4.69) is 11.4 Å². The predicted octanol–water partition coefficient (Wildman–Crippen LogP) is 4.60. The Morgan fingerprint density at radius 1 is 1.19 bits per heavy atom. The number of halogens is 2. The lowest BCUT2D eigenvalue weighted by molar-refractivity contribution is -0.119. The van der Waals surface area contributed by atoms with E-state index in [9.17, 15) is 14.9 Å². The molecule has 1 heterocycles. The van der Waals surface area contributed by atoms with Gasteiger partial charge in [0, 0.05) is 14.9 Å². The topological polar surface area (TPSA) is 79.2 Å². The molecule has 0 aliphatic heterocycles. The van der Waals surface area contributed by atoms with Crippen LogP contribution < -0.4 is 5.32 Å². The van der Waals surface area contributed by atoms with Gasteiger partial charge >= 0.3 is 5.97 Å². The molecule has 0 spiro atoms. The van der Waals surface area contributed by atoms with Gasteiger partial charge in [0.25, 0.3) is 5.91 Å². The molecule has 1 aromatic heterocycles. The van der Waals surface area contributed by atoms with Crippen LogP contribution in [0.3, 0.4) is 0 Å². The van der Waals surface area contributed by atoms with Crippen molar-refractivity contribution in [2.75, 3.05) is 11.9 Å². The molecule has 0 atom stereocenters. The van der Waals surface area contributed by atoms with E-state index >= 15 is 0 Å². The van der Waals surface area contributed by atoms with E-state index in [-0.39, 0.29) is 5.56 Å². The largest absolute Gasteiger partial charge is 0.452 e. The van der Waals surface area contributed by atoms with Crippen LogP contribution in [0.4, 0.5) is 5.00 Å². The number of anilines is 1. The Bertz CT molecular complexity index is 898. The van der Waals surface area contributed by atoms with Crippen LogP contribution in [-0.4, -0.2) is 18.5 Å². The Kier molecular flexibility index (Phi) is 5.82. The van der Waals surface area contributed by atoms with Gasteiger partial charge in [0.2, 0.25) is 0 Å². The number of hydrogen-bond acceptors (Lipinski definition) is 5. The Balaban J connectivity index is 1.64. The van der Waals surface area contributed by atoms with Gasteiger partial charge in [-0.3, -0.25) is 4.79 Å². The maximum atomic E-state index is 12.1. The summed E-state index contributed by atoms with van der Waals surface area (Å²) in [5.41, 5.74) is 1.72. The van der Waals surface area contributed by atoms with Gasteiger partial charge in [0.05, 0.1) is 11.1 Å². The number of esters is 1. The van der Waals surface area contributed by atoms with Gasteiger partial charge in [0.15, 0.2) is 6.61 Å². The number of fused-ring (bicyclic) bond motifs is 1. The second kappa shape index (κ2) is 8.09. The molecule has 3 rings (SSSR count). The molecule has 0 fully saturated rings. The number of nitrogens with zero attached hydrogens (tertiary/aromatic N) is 1. The van der Waals surface area contributed by atoms with Gasteiger partial charge in [-0.2, -0.15) is 5.26 Å².